The van der Waals surface area contributed by atoms with Gasteiger partial charge in [-0.25, -0.2) is 4.98 Å². The fourth-order valence-electron chi connectivity index (χ4n) is 3.15. The molecule has 0 saturated carbocycles. The number of fused-ring (bicyclic) bond motifs is 1. The molecule has 146 valence electrons. The van der Waals surface area contributed by atoms with Gasteiger partial charge in [0.1, 0.15) is 0 Å². The standard InChI is InChI=1S/C18H20N6O3S/c1-27-16(26)5-4-15(25)22-8-10-23(11-9-22)18-20-17-19-7-6-13(24(17)21-18)14-3-2-12-28-14/h2-3,6-7,12H,4-5,8-11H2,1H3. The van der Waals surface area contributed by atoms with Gasteiger partial charge < -0.3 is 14.5 Å². The van der Waals surface area contributed by atoms with E-state index in [2.05, 4.69) is 24.7 Å². The molecular formula is C18H20N6O3S. The van der Waals surface area contributed by atoms with Gasteiger partial charge in [-0.2, -0.15) is 9.50 Å². The van der Waals surface area contributed by atoms with Gasteiger partial charge >= 0.3 is 5.97 Å². The van der Waals surface area contributed by atoms with Crippen LogP contribution in [0.15, 0.2) is 29.8 Å². The van der Waals surface area contributed by atoms with Crippen molar-refractivity contribution in [2.45, 2.75) is 12.8 Å². The molecule has 3 aromatic heterocycles. The predicted octanol–water partition coefficient (Wildman–Crippen LogP) is 1.45. The lowest BCUT2D eigenvalue weighted by atomic mass is 10.2. The van der Waals surface area contributed by atoms with Gasteiger partial charge in [0.25, 0.3) is 5.78 Å². The van der Waals surface area contributed by atoms with Crippen LogP contribution in [0.25, 0.3) is 16.3 Å². The molecule has 0 unspecified atom stereocenters. The van der Waals surface area contributed by atoms with E-state index in [-0.39, 0.29) is 24.7 Å². The Morgan fingerprint density at radius 1 is 1.18 bits per heavy atom. The highest BCUT2D eigenvalue weighted by Gasteiger charge is 2.24. The average molecular weight is 400 g/mol. The van der Waals surface area contributed by atoms with Crippen LogP contribution in [0.1, 0.15) is 12.8 Å². The van der Waals surface area contributed by atoms with Crippen LogP contribution >= 0.6 is 11.3 Å². The molecule has 1 fully saturated rings. The number of thiophene rings is 1. The fourth-order valence-corrected chi connectivity index (χ4v) is 3.89. The van der Waals surface area contributed by atoms with Crippen molar-refractivity contribution in [3.8, 4) is 10.6 Å². The van der Waals surface area contributed by atoms with E-state index in [1.807, 2.05) is 23.6 Å². The summed E-state index contributed by atoms with van der Waals surface area (Å²) in [7, 11) is 1.33. The summed E-state index contributed by atoms with van der Waals surface area (Å²) >= 11 is 1.64. The number of piperazine rings is 1. The third-order valence-corrected chi connectivity index (χ3v) is 5.58. The zero-order valence-electron chi connectivity index (χ0n) is 15.4. The topological polar surface area (TPSA) is 92.9 Å². The molecule has 3 aromatic rings. The SMILES string of the molecule is COC(=O)CCC(=O)N1CCN(c2nc3nccc(-c4cccs4)n3n2)CC1. The molecule has 0 radical (unpaired) electrons. The normalized spacial score (nSPS) is 14.5. The minimum Gasteiger partial charge on any atom is -0.469 e. The summed E-state index contributed by atoms with van der Waals surface area (Å²) in [5, 5.41) is 6.67. The van der Waals surface area contributed by atoms with Crippen molar-refractivity contribution in [3.63, 3.8) is 0 Å². The lowest BCUT2D eigenvalue weighted by Crippen LogP contribution is -2.49. The third-order valence-electron chi connectivity index (χ3n) is 4.69. The zero-order chi connectivity index (χ0) is 19.5. The van der Waals surface area contributed by atoms with Crippen LogP contribution in [0.5, 0.6) is 0 Å². The molecule has 0 spiro atoms. The maximum atomic E-state index is 12.2. The molecule has 0 aliphatic carbocycles. The molecular weight excluding hydrogens is 380 g/mol. The first-order chi connectivity index (χ1) is 13.7. The summed E-state index contributed by atoms with van der Waals surface area (Å²) in [6.07, 6.45) is 2.02. The van der Waals surface area contributed by atoms with Crippen molar-refractivity contribution < 1.29 is 14.3 Å². The Bertz CT molecular complexity index is 979. The predicted molar refractivity (Wildman–Crippen MR) is 104 cm³/mol. The molecule has 0 bridgehead atoms. The molecule has 28 heavy (non-hydrogen) atoms. The van der Waals surface area contributed by atoms with E-state index in [1.54, 1.807) is 26.9 Å². The maximum absolute atomic E-state index is 12.2. The van der Waals surface area contributed by atoms with Crippen LogP contribution in [-0.2, 0) is 14.3 Å². The quantitative estimate of drug-likeness (QED) is 0.599. The van der Waals surface area contributed by atoms with Crippen molar-refractivity contribution >= 4 is 34.9 Å². The number of carbonyl (C=O) groups excluding carboxylic acids is 2. The first-order valence-electron chi connectivity index (χ1n) is 9.01. The number of anilines is 1. The Morgan fingerprint density at radius 3 is 2.71 bits per heavy atom. The van der Waals surface area contributed by atoms with Crippen molar-refractivity contribution in [1.82, 2.24) is 24.5 Å². The number of rotatable bonds is 5. The lowest BCUT2D eigenvalue weighted by molar-refractivity contribution is -0.143. The molecule has 0 aromatic carbocycles. The first-order valence-corrected chi connectivity index (χ1v) is 9.89. The van der Waals surface area contributed by atoms with E-state index in [0.29, 0.717) is 37.9 Å². The smallest absolute Gasteiger partial charge is 0.306 e. The Labute approximate surface area is 165 Å². The minimum atomic E-state index is -0.366. The van der Waals surface area contributed by atoms with Gasteiger partial charge in [-0.3, -0.25) is 9.59 Å². The molecule has 1 aliphatic heterocycles. The molecule has 1 aliphatic rings. The number of amides is 1. The second kappa shape index (κ2) is 7.93. The van der Waals surface area contributed by atoms with E-state index in [9.17, 15) is 9.59 Å². The van der Waals surface area contributed by atoms with Gasteiger partial charge in [0.05, 0.1) is 24.1 Å². The molecule has 1 saturated heterocycles. The number of hydrogen-bond acceptors (Lipinski definition) is 8. The van der Waals surface area contributed by atoms with Gasteiger partial charge in [0, 0.05) is 38.8 Å². The summed E-state index contributed by atoms with van der Waals surface area (Å²) in [5.41, 5.74) is 0.954. The monoisotopic (exact) mass is 400 g/mol. The van der Waals surface area contributed by atoms with Crippen LogP contribution < -0.4 is 4.90 Å². The molecule has 0 N–H and O–H groups in total. The highest BCUT2D eigenvalue weighted by Crippen LogP contribution is 2.25. The van der Waals surface area contributed by atoms with Crippen LogP contribution in [0.3, 0.4) is 0 Å². The number of esters is 1. The zero-order valence-corrected chi connectivity index (χ0v) is 16.3. The van der Waals surface area contributed by atoms with Crippen molar-refractivity contribution in [2.24, 2.45) is 0 Å². The van der Waals surface area contributed by atoms with Gasteiger partial charge in [-0.05, 0) is 17.5 Å². The van der Waals surface area contributed by atoms with E-state index < -0.39 is 0 Å². The summed E-state index contributed by atoms with van der Waals surface area (Å²) in [5.74, 6) is 0.764. The Hall–Kier alpha value is -3.01. The lowest BCUT2D eigenvalue weighted by Gasteiger charge is -2.34. The number of hydrogen-bond donors (Lipinski definition) is 0. The third kappa shape index (κ3) is 3.68. The minimum absolute atomic E-state index is 0.0327. The van der Waals surface area contributed by atoms with E-state index >= 15 is 0 Å². The summed E-state index contributed by atoms with van der Waals surface area (Å²) in [4.78, 5) is 37.2. The number of ether oxygens (including phenoxy) is 1. The molecule has 10 heteroatoms. The second-order valence-electron chi connectivity index (χ2n) is 6.37. The van der Waals surface area contributed by atoms with E-state index in [4.69, 9.17) is 0 Å². The van der Waals surface area contributed by atoms with E-state index in [0.717, 1.165) is 10.6 Å². The fraction of sp³-hybridized carbons (Fsp3) is 0.389. The van der Waals surface area contributed by atoms with Crippen molar-refractivity contribution in [1.29, 1.82) is 0 Å². The number of aromatic nitrogens is 4. The molecule has 1 amide bonds. The highest BCUT2D eigenvalue weighted by atomic mass is 32.1. The van der Waals surface area contributed by atoms with Crippen molar-refractivity contribution in [2.75, 3.05) is 38.2 Å². The van der Waals surface area contributed by atoms with Gasteiger partial charge in [0.15, 0.2) is 0 Å². The Kier molecular flexibility index (Phi) is 5.20. The average Bonchev–Trinajstić information content (AvgIpc) is 3.41. The molecule has 4 heterocycles. The summed E-state index contributed by atoms with van der Waals surface area (Å²) in [6, 6.07) is 5.97. The van der Waals surface area contributed by atoms with Crippen LogP contribution in [0.2, 0.25) is 0 Å². The largest absolute Gasteiger partial charge is 0.469 e. The molecule has 9 nitrogen and oxygen atoms in total. The first kappa shape index (κ1) is 18.4. The van der Waals surface area contributed by atoms with Crippen LogP contribution in [-0.4, -0.2) is 69.6 Å². The van der Waals surface area contributed by atoms with Gasteiger partial charge in [-0.1, -0.05) is 6.07 Å². The Balaban J connectivity index is 1.44. The highest BCUT2D eigenvalue weighted by molar-refractivity contribution is 7.13. The number of nitrogens with zero attached hydrogens (tertiary/aromatic N) is 6. The summed E-state index contributed by atoms with van der Waals surface area (Å²) in [6.45, 7) is 2.41. The van der Waals surface area contributed by atoms with Crippen LogP contribution in [0, 0.1) is 0 Å². The van der Waals surface area contributed by atoms with Crippen LogP contribution in [0.4, 0.5) is 5.95 Å². The Morgan fingerprint density at radius 2 is 2.00 bits per heavy atom. The van der Waals surface area contributed by atoms with Crippen molar-refractivity contribution in [3.05, 3.63) is 29.8 Å². The van der Waals surface area contributed by atoms with E-state index in [1.165, 1.54) is 7.11 Å². The molecule has 0 atom stereocenters. The summed E-state index contributed by atoms with van der Waals surface area (Å²) < 4.78 is 6.35. The number of methoxy groups -OCH3 is 1. The van der Waals surface area contributed by atoms with Gasteiger partial charge in [-0.15, -0.1) is 16.4 Å². The molecule has 4 rings (SSSR count). The maximum Gasteiger partial charge on any atom is 0.306 e. The van der Waals surface area contributed by atoms with Gasteiger partial charge in [0.2, 0.25) is 11.9 Å². The second-order valence-corrected chi connectivity index (χ2v) is 7.32. The number of carbonyl (C=O) groups is 2.